The zero-order valence-corrected chi connectivity index (χ0v) is 12.5. The summed E-state index contributed by atoms with van der Waals surface area (Å²) in [5.74, 6) is 0.995. The van der Waals surface area contributed by atoms with Crippen molar-refractivity contribution in [2.24, 2.45) is 0 Å². The highest BCUT2D eigenvalue weighted by Crippen LogP contribution is 2.28. The predicted octanol–water partition coefficient (Wildman–Crippen LogP) is 4.08. The second-order valence-corrected chi connectivity index (χ2v) is 5.08. The lowest BCUT2D eigenvalue weighted by atomic mass is 10.1. The average molecular weight is 322 g/mol. The van der Waals surface area contributed by atoms with Gasteiger partial charge < -0.3 is 15.2 Å². The summed E-state index contributed by atoms with van der Waals surface area (Å²) in [5, 5.41) is 13.1. The Balaban J connectivity index is 2.16. The molecular formula is C15H16BrNO2. The van der Waals surface area contributed by atoms with Crippen LogP contribution < -0.4 is 10.1 Å². The molecule has 0 bridgehead atoms. The number of halogens is 1. The van der Waals surface area contributed by atoms with Gasteiger partial charge in [0.2, 0.25) is 0 Å². The topological polar surface area (TPSA) is 41.5 Å². The van der Waals surface area contributed by atoms with E-state index < -0.39 is 0 Å². The van der Waals surface area contributed by atoms with Crippen molar-refractivity contribution < 1.29 is 9.84 Å². The van der Waals surface area contributed by atoms with Crippen molar-refractivity contribution in [1.29, 1.82) is 0 Å². The van der Waals surface area contributed by atoms with E-state index in [4.69, 9.17) is 4.74 Å². The van der Waals surface area contributed by atoms with E-state index in [1.54, 1.807) is 19.2 Å². The van der Waals surface area contributed by atoms with E-state index in [1.165, 1.54) is 5.56 Å². The summed E-state index contributed by atoms with van der Waals surface area (Å²) < 4.78 is 6.20. The molecule has 2 rings (SSSR count). The van der Waals surface area contributed by atoms with Crippen molar-refractivity contribution in [1.82, 2.24) is 0 Å². The molecule has 0 amide bonds. The molecule has 2 aromatic rings. The van der Waals surface area contributed by atoms with Crippen LogP contribution in [0.15, 0.2) is 40.9 Å². The standard InChI is InChI=1S/C15H16BrNO2/c1-10-4-3-5-13(15(10)16)17-9-11-8-12(19-2)6-7-14(11)18/h3-8,17-18H,9H2,1-2H3. The first-order chi connectivity index (χ1) is 9.11. The van der Waals surface area contributed by atoms with Crippen molar-refractivity contribution in [3.8, 4) is 11.5 Å². The molecule has 0 saturated carbocycles. The Bertz CT molecular complexity index is 584. The molecule has 0 saturated heterocycles. The Kier molecular flexibility index (Phi) is 4.32. The molecule has 0 radical (unpaired) electrons. The maximum absolute atomic E-state index is 9.83. The van der Waals surface area contributed by atoms with E-state index in [-0.39, 0.29) is 5.75 Å². The second kappa shape index (κ2) is 5.97. The Hall–Kier alpha value is -1.68. The normalized spacial score (nSPS) is 10.3. The molecule has 0 aliphatic rings. The Morgan fingerprint density at radius 2 is 2.05 bits per heavy atom. The van der Waals surface area contributed by atoms with Gasteiger partial charge in [-0.15, -0.1) is 0 Å². The minimum Gasteiger partial charge on any atom is -0.508 e. The fourth-order valence-electron chi connectivity index (χ4n) is 1.80. The minimum absolute atomic E-state index is 0.261. The number of methoxy groups -OCH3 is 1. The monoisotopic (exact) mass is 321 g/mol. The third-order valence-electron chi connectivity index (χ3n) is 2.95. The molecule has 0 spiro atoms. The quantitative estimate of drug-likeness (QED) is 0.891. The maximum Gasteiger partial charge on any atom is 0.120 e. The van der Waals surface area contributed by atoms with Crippen LogP contribution in [0.2, 0.25) is 0 Å². The van der Waals surface area contributed by atoms with Crippen molar-refractivity contribution in [2.75, 3.05) is 12.4 Å². The Labute approximate surface area is 121 Å². The number of anilines is 1. The SMILES string of the molecule is COc1ccc(O)c(CNc2cccc(C)c2Br)c1. The zero-order chi connectivity index (χ0) is 13.8. The molecule has 2 N–H and O–H groups in total. The van der Waals surface area contributed by atoms with Crippen molar-refractivity contribution in [3.05, 3.63) is 52.0 Å². The van der Waals surface area contributed by atoms with Crippen LogP contribution in [0, 0.1) is 6.92 Å². The molecule has 0 aliphatic carbocycles. The fraction of sp³-hybridized carbons (Fsp3) is 0.200. The number of phenolic OH excluding ortho intramolecular Hbond substituents is 1. The summed E-state index contributed by atoms with van der Waals surface area (Å²) in [4.78, 5) is 0. The molecule has 0 atom stereocenters. The highest BCUT2D eigenvalue weighted by molar-refractivity contribution is 9.10. The highest BCUT2D eigenvalue weighted by Gasteiger charge is 2.05. The van der Waals surface area contributed by atoms with Gasteiger partial charge in [0.1, 0.15) is 11.5 Å². The number of aryl methyl sites for hydroxylation is 1. The van der Waals surface area contributed by atoms with Crippen LogP contribution in [-0.2, 0) is 6.54 Å². The maximum atomic E-state index is 9.83. The number of aromatic hydroxyl groups is 1. The van der Waals surface area contributed by atoms with Crippen LogP contribution in [-0.4, -0.2) is 12.2 Å². The van der Waals surface area contributed by atoms with Crippen molar-refractivity contribution in [3.63, 3.8) is 0 Å². The van der Waals surface area contributed by atoms with Gasteiger partial charge in [-0.05, 0) is 52.7 Å². The third-order valence-corrected chi connectivity index (χ3v) is 4.00. The summed E-state index contributed by atoms with van der Waals surface area (Å²) >= 11 is 3.55. The van der Waals surface area contributed by atoms with Crippen LogP contribution in [0.1, 0.15) is 11.1 Å². The van der Waals surface area contributed by atoms with Gasteiger partial charge in [0, 0.05) is 22.3 Å². The highest BCUT2D eigenvalue weighted by atomic mass is 79.9. The first-order valence-corrected chi connectivity index (χ1v) is 6.76. The zero-order valence-electron chi connectivity index (χ0n) is 10.9. The summed E-state index contributed by atoms with van der Waals surface area (Å²) in [5.41, 5.74) is 2.97. The number of rotatable bonds is 4. The van der Waals surface area contributed by atoms with Gasteiger partial charge in [0.15, 0.2) is 0 Å². The largest absolute Gasteiger partial charge is 0.508 e. The van der Waals surface area contributed by atoms with Gasteiger partial charge in [-0.3, -0.25) is 0 Å². The van der Waals surface area contributed by atoms with Crippen LogP contribution in [0.3, 0.4) is 0 Å². The number of ether oxygens (including phenoxy) is 1. The molecule has 19 heavy (non-hydrogen) atoms. The lowest BCUT2D eigenvalue weighted by Gasteiger charge is -2.12. The molecule has 0 aliphatic heterocycles. The average Bonchev–Trinajstić information content (AvgIpc) is 2.42. The van der Waals surface area contributed by atoms with Crippen molar-refractivity contribution in [2.45, 2.75) is 13.5 Å². The smallest absolute Gasteiger partial charge is 0.120 e. The van der Waals surface area contributed by atoms with Crippen molar-refractivity contribution >= 4 is 21.6 Å². The van der Waals surface area contributed by atoms with Gasteiger partial charge in [0.05, 0.1) is 7.11 Å². The Morgan fingerprint density at radius 3 is 2.79 bits per heavy atom. The van der Waals surface area contributed by atoms with Gasteiger partial charge in [-0.25, -0.2) is 0 Å². The molecule has 0 unspecified atom stereocenters. The summed E-state index contributed by atoms with van der Waals surface area (Å²) in [6, 6.07) is 11.2. The summed E-state index contributed by atoms with van der Waals surface area (Å²) in [7, 11) is 1.61. The van der Waals surface area contributed by atoms with Gasteiger partial charge >= 0.3 is 0 Å². The molecule has 0 aromatic heterocycles. The lowest BCUT2D eigenvalue weighted by molar-refractivity contribution is 0.411. The fourth-order valence-corrected chi connectivity index (χ4v) is 2.21. The molecule has 100 valence electrons. The first-order valence-electron chi connectivity index (χ1n) is 5.96. The van der Waals surface area contributed by atoms with E-state index in [2.05, 4.69) is 21.2 Å². The third kappa shape index (κ3) is 3.20. The number of phenols is 1. The predicted molar refractivity (Wildman–Crippen MR) is 80.9 cm³/mol. The van der Waals surface area contributed by atoms with Crippen LogP contribution in [0.25, 0.3) is 0 Å². The van der Waals surface area contributed by atoms with Gasteiger partial charge in [-0.1, -0.05) is 12.1 Å². The molecule has 0 fully saturated rings. The van der Waals surface area contributed by atoms with E-state index in [9.17, 15) is 5.11 Å². The Morgan fingerprint density at radius 1 is 1.26 bits per heavy atom. The van der Waals surface area contributed by atoms with E-state index in [1.807, 2.05) is 31.2 Å². The number of hydrogen-bond donors (Lipinski definition) is 2. The second-order valence-electron chi connectivity index (χ2n) is 4.28. The van der Waals surface area contributed by atoms with Crippen LogP contribution in [0.4, 0.5) is 5.69 Å². The molecular weight excluding hydrogens is 306 g/mol. The number of hydrogen-bond acceptors (Lipinski definition) is 3. The van der Waals surface area contributed by atoms with E-state index in [0.717, 1.165) is 21.5 Å². The summed E-state index contributed by atoms with van der Waals surface area (Å²) in [6.07, 6.45) is 0. The van der Waals surface area contributed by atoms with Crippen LogP contribution >= 0.6 is 15.9 Å². The lowest BCUT2D eigenvalue weighted by Crippen LogP contribution is -2.01. The number of nitrogens with one attached hydrogen (secondary N) is 1. The number of benzene rings is 2. The molecule has 3 nitrogen and oxygen atoms in total. The van der Waals surface area contributed by atoms with Crippen LogP contribution in [0.5, 0.6) is 11.5 Å². The molecule has 4 heteroatoms. The summed E-state index contributed by atoms with van der Waals surface area (Å²) in [6.45, 7) is 2.57. The molecule has 0 heterocycles. The molecule has 2 aromatic carbocycles. The minimum atomic E-state index is 0.261. The van der Waals surface area contributed by atoms with E-state index >= 15 is 0 Å². The van der Waals surface area contributed by atoms with E-state index in [0.29, 0.717) is 6.54 Å². The first kappa shape index (κ1) is 13.7. The van der Waals surface area contributed by atoms with Gasteiger partial charge in [0.25, 0.3) is 0 Å². The van der Waals surface area contributed by atoms with Gasteiger partial charge in [-0.2, -0.15) is 0 Å².